The molecule has 0 bridgehead atoms. The van der Waals surface area contributed by atoms with Crippen molar-refractivity contribution >= 4 is 0 Å². The van der Waals surface area contributed by atoms with Gasteiger partial charge in [-0.1, -0.05) is 43.7 Å². The zero-order chi connectivity index (χ0) is 14.4. The minimum atomic E-state index is -2.25. The van der Waals surface area contributed by atoms with E-state index >= 15 is 0 Å². The Morgan fingerprint density at radius 1 is 1.30 bits per heavy atom. The fourth-order valence-electron chi connectivity index (χ4n) is 2.98. The molecule has 0 aromatic heterocycles. The second-order valence-corrected chi connectivity index (χ2v) is 5.58. The summed E-state index contributed by atoms with van der Waals surface area (Å²) >= 11 is 0. The van der Waals surface area contributed by atoms with Crippen LogP contribution < -0.4 is 5.32 Å². The minimum absolute atomic E-state index is 0.0996. The van der Waals surface area contributed by atoms with Gasteiger partial charge in [0.05, 0.1) is 6.54 Å². The average molecular weight is 282 g/mol. The molecule has 1 aliphatic heterocycles. The number of alkyl halides is 2. The number of halogens is 2. The third-order valence-corrected chi connectivity index (χ3v) is 3.93. The Hall–Kier alpha value is -1.00. The summed E-state index contributed by atoms with van der Waals surface area (Å²) in [6, 6.07) is 10.8. The lowest BCUT2D eigenvalue weighted by Crippen LogP contribution is -2.58. The Morgan fingerprint density at radius 3 is 2.70 bits per heavy atom. The van der Waals surface area contributed by atoms with Crippen LogP contribution in [0.3, 0.4) is 0 Å². The maximum atomic E-state index is 12.7. The van der Waals surface area contributed by atoms with Crippen LogP contribution in [0.1, 0.15) is 25.3 Å². The van der Waals surface area contributed by atoms with Gasteiger partial charge < -0.3 is 5.32 Å². The van der Waals surface area contributed by atoms with Gasteiger partial charge in [0, 0.05) is 25.2 Å². The highest BCUT2D eigenvalue weighted by Gasteiger charge is 2.28. The molecule has 1 fully saturated rings. The van der Waals surface area contributed by atoms with Gasteiger partial charge in [-0.15, -0.1) is 0 Å². The number of hydrogen-bond donors (Lipinski definition) is 1. The molecule has 20 heavy (non-hydrogen) atoms. The number of nitrogens with one attached hydrogen (secondary N) is 1. The summed E-state index contributed by atoms with van der Waals surface area (Å²) < 4.78 is 25.4. The van der Waals surface area contributed by atoms with E-state index in [9.17, 15) is 8.78 Å². The van der Waals surface area contributed by atoms with Crippen molar-refractivity contribution in [3.63, 3.8) is 0 Å². The first-order valence-electron chi connectivity index (χ1n) is 7.48. The van der Waals surface area contributed by atoms with Crippen LogP contribution in [0.5, 0.6) is 0 Å². The molecule has 2 nitrogen and oxygen atoms in total. The molecule has 1 N–H and O–H groups in total. The lowest BCUT2D eigenvalue weighted by molar-refractivity contribution is 0.0402. The van der Waals surface area contributed by atoms with Gasteiger partial charge in [-0.05, 0) is 18.4 Å². The third kappa shape index (κ3) is 4.53. The molecule has 0 aliphatic carbocycles. The molecule has 112 valence electrons. The summed E-state index contributed by atoms with van der Waals surface area (Å²) in [6.45, 7) is 3.54. The van der Waals surface area contributed by atoms with Crippen LogP contribution in [0.4, 0.5) is 8.78 Å². The molecule has 1 aromatic carbocycles. The van der Waals surface area contributed by atoms with Crippen molar-refractivity contribution < 1.29 is 8.78 Å². The zero-order valence-electron chi connectivity index (χ0n) is 12.1. The highest BCUT2D eigenvalue weighted by atomic mass is 19.3. The predicted octanol–water partition coefficient (Wildman–Crippen LogP) is 2.94. The third-order valence-electron chi connectivity index (χ3n) is 3.93. The van der Waals surface area contributed by atoms with E-state index in [-0.39, 0.29) is 18.6 Å². The van der Waals surface area contributed by atoms with Crippen molar-refractivity contribution in [2.45, 2.75) is 44.7 Å². The second kappa shape index (κ2) is 7.70. The fourth-order valence-corrected chi connectivity index (χ4v) is 2.98. The van der Waals surface area contributed by atoms with Crippen molar-refractivity contribution in [3.05, 3.63) is 35.9 Å². The van der Waals surface area contributed by atoms with Crippen molar-refractivity contribution in [1.82, 2.24) is 10.2 Å². The van der Waals surface area contributed by atoms with Crippen LogP contribution in [0.2, 0.25) is 0 Å². The fraction of sp³-hybridized carbons (Fsp3) is 0.625. The van der Waals surface area contributed by atoms with Crippen molar-refractivity contribution in [2.75, 3.05) is 19.6 Å². The Balaban J connectivity index is 1.93. The van der Waals surface area contributed by atoms with Crippen LogP contribution in [-0.4, -0.2) is 43.0 Å². The number of piperazine rings is 1. The van der Waals surface area contributed by atoms with E-state index < -0.39 is 6.43 Å². The Morgan fingerprint density at radius 2 is 2.05 bits per heavy atom. The molecule has 1 saturated heterocycles. The molecule has 0 amide bonds. The molecular formula is C16H24F2N2. The Bertz CT molecular complexity index is 383. The van der Waals surface area contributed by atoms with Gasteiger partial charge in [0.15, 0.2) is 0 Å². The molecular weight excluding hydrogens is 258 g/mol. The van der Waals surface area contributed by atoms with E-state index in [4.69, 9.17) is 0 Å². The number of hydrogen-bond acceptors (Lipinski definition) is 2. The summed E-state index contributed by atoms with van der Waals surface area (Å²) in [5.74, 6) is 0. The standard InChI is InChI=1S/C16H24F2N2/c1-2-6-15-10-19-14(11-20(15)12-16(17)18)9-13-7-4-3-5-8-13/h3-5,7-8,14-16,19H,2,6,9-12H2,1H3. The van der Waals surface area contributed by atoms with Crippen molar-refractivity contribution in [3.8, 4) is 0 Å². The SMILES string of the molecule is CCCC1CNC(Cc2ccccc2)CN1CC(F)F. The van der Waals surface area contributed by atoms with Gasteiger partial charge >= 0.3 is 0 Å². The molecule has 2 unspecified atom stereocenters. The molecule has 4 heteroatoms. The molecule has 1 aromatic rings. The monoisotopic (exact) mass is 282 g/mol. The summed E-state index contributed by atoms with van der Waals surface area (Å²) in [5, 5.41) is 3.52. The van der Waals surface area contributed by atoms with Gasteiger partial charge in [-0.3, -0.25) is 4.90 Å². The van der Waals surface area contributed by atoms with Crippen LogP contribution in [0.25, 0.3) is 0 Å². The second-order valence-electron chi connectivity index (χ2n) is 5.58. The molecule has 1 heterocycles. The first kappa shape index (κ1) is 15.4. The summed E-state index contributed by atoms with van der Waals surface area (Å²) in [6.07, 6.45) is 0.678. The predicted molar refractivity (Wildman–Crippen MR) is 78.2 cm³/mol. The maximum Gasteiger partial charge on any atom is 0.251 e. The number of nitrogens with zero attached hydrogens (tertiary/aromatic N) is 1. The van der Waals surface area contributed by atoms with E-state index in [0.29, 0.717) is 6.54 Å². The molecule has 1 aliphatic rings. The average Bonchev–Trinajstić information content (AvgIpc) is 2.42. The van der Waals surface area contributed by atoms with Gasteiger partial charge in [0.25, 0.3) is 6.43 Å². The quantitative estimate of drug-likeness (QED) is 0.863. The topological polar surface area (TPSA) is 15.3 Å². The van der Waals surface area contributed by atoms with E-state index in [1.807, 2.05) is 23.1 Å². The van der Waals surface area contributed by atoms with Gasteiger partial charge in [0.1, 0.15) is 0 Å². The van der Waals surface area contributed by atoms with E-state index in [1.165, 1.54) is 5.56 Å². The molecule has 0 saturated carbocycles. The van der Waals surface area contributed by atoms with Crippen LogP contribution in [-0.2, 0) is 6.42 Å². The summed E-state index contributed by atoms with van der Waals surface area (Å²) in [7, 11) is 0. The van der Waals surface area contributed by atoms with E-state index in [1.54, 1.807) is 0 Å². The van der Waals surface area contributed by atoms with Gasteiger partial charge in [-0.25, -0.2) is 8.78 Å². The first-order valence-corrected chi connectivity index (χ1v) is 7.48. The van der Waals surface area contributed by atoms with Crippen LogP contribution in [0.15, 0.2) is 30.3 Å². The van der Waals surface area contributed by atoms with Crippen molar-refractivity contribution in [2.24, 2.45) is 0 Å². The number of rotatable bonds is 6. The van der Waals surface area contributed by atoms with Crippen LogP contribution in [0, 0.1) is 0 Å². The Labute approximate surface area is 120 Å². The highest BCUT2D eigenvalue weighted by molar-refractivity contribution is 5.16. The van der Waals surface area contributed by atoms with Crippen molar-refractivity contribution in [1.29, 1.82) is 0 Å². The van der Waals surface area contributed by atoms with E-state index in [2.05, 4.69) is 24.4 Å². The van der Waals surface area contributed by atoms with Crippen LogP contribution >= 0.6 is 0 Å². The lowest BCUT2D eigenvalue weighted by atomic mass is 10.00. The molecule has 0 radical (unpaired) electrons. The van der Waals surface area contributed by atoms with Gasteiger partial charge in [-0.2, -0.15) is 0 Å². The van der Waals surface area contributed by atoms with Gasteiger partial charge in [0.2, 0.25) is 0 Å². The highest BCUT2D eigenvalue weighted by Crippen LogP contribution is 2.16. The summed E-state index contributed by atoms with van der Waals surface area (Å²) in [5.41, 5.74) is 1.26. The first-order chi connectivity index (χ1) is 9.69. The number of benzene rings is 1. The maximum absolute atomic E-state index is 12.7. The molecule has 2 atom stereocenters. The lowest BCUT2D eigenvalue weighted by Gasteiger charge is -2.40. The summed E-state index contributed by atoms with van der Waals surface area (Å²) in [4.78, 5) is 1.97. The minimum Gasteiger partial charge on any atom is -0.311 e. The largest absolute Gasteiger partial charge is 0.311 e. The smallest absolute Gasteiger partial charge is 0.251 e. The Kier molecular flexibility index (Phi) is 5.92. The molecule has 0 spiro atoms. The zero-order valence-corrected chi connectivity index (χ0v) is 12.1. The normalized spacial score (nSPS) is 24.2. The van der Waals surface area contributed by atoms with E-state index in [0.717, 1.165) is 25.8 Å². The molecule has 2 rings (SSSR count).